The molecule has 0 amide bonds. The number of ketones is 1. The number of carbonyl (C=O) groups excluding carboxylic acids is 1. The first kappa shape index (κ1) is 14.7. The molecule has 2 rings (SSSR count). The summed E-state index contributed by atoms with van der Waals surface area (Å²) in [6.45, 7) is 1.95. The normalized spacial score (nSPS) is 10.7. The van der Waals surface area contributed by atoms with Crippen molar-refractivity contribution in [1.82, 2.24) is 10.1 Å². The first-order valence-electron chi connectivity index (χ1n) is 6.39. The number of thioether (sulfide) groups is 1. The number of hydrogen-bond acceptors (Lipinski definition) is 5. The Morgan fingerprint density at radius 2 is 2.10 bits per heavy atom. The van der Waals surface area contributed by atoms with Crippen molar-refractivity contribution in [2.75, 3.05) is 0 Å². The first-order valence-corrected chi connectivity index (χ1v) is 7.37. The lowest BCUT2D eigenvalue weighted by atomic mass is 10.2. The summed E-state index contributed by atoms with van der Waals surface area (Å²) in [7, 11) is 0. The third-order valence-electron chi connectivity index (χ3n) is 2.57. The summed E-state index contributed by atoms with van der Waals surface area (Å²) in [5, 5.41) is 3.83. The number of benzene rings is 1. The average molecular weight is 294 g/mol. The van der Waals surface area contributed by atoms with Gasteiger partial charge in [-0.3, -0.25) is 4.79 Å². The second-order valence-electron chi connectivity index (χ2n) is 4.31. The molecule has 0 fully saturated rings. The Hall–Kier alpha value is -1.69. The zero-order valence-corrected chi connectivity index (χ0v) is 12.0. The highest BCUT2D eigenvalue weighted by Crippen LogP contribution is 2.21. The van der Waals surface area contributed by atoms with E-state index in [4.69, 9.17) is 4.52 Å². The van der Waals surface area contributed by atoms with Gasteiger partial charge in [-0.1, -0.05) is 12.1 Å². The molecule has 6 heteroatoms. The van der Waals surface area contributed by atoms with E-state index in [1.165, 1.54) is 23.9 Å². The molecule has 1 heterocycles. The highest BCUT2D eigenvalue weighted by atomic mass is 32.2. The lowest BCUT2D eigenvalue weighted by Gasteiger charge is -1.97. The van der Waals surface area contributed by atoms with Gasteiger partial charge in [-0.05, 0) is 30.7 Å². The number of Topliss-reactive ketones (excluding diaryl/α,β-unsaturated/α-hetero) is 1. The van der Waals surface area contributed by atoms with Crippen molar-refractivity contribution >= 4 is 17.5 Å². The molecule has 1 aromatic heterocycles. The van der Waals surface area contributed by atoms with E-state index in [1.54, 1.807) is 12.1 Å². The van der Waals surface area contributed by atoms with E-state index < -0.39 is 0 Å². The molecule has 0 aliphatic heterocycles. The van der Waals surface area contributed by atoms with Crippen molar-refractivity contribution in [2.45, 2.75) is 36.8 Å². The minimum absolute atomic E-state index is 0.105. The van der Waals surface area contributed by atoms with Gasteiger partial charge in [0.05, 0.1) is 12.2 Å². The number of rotatable bonds is 7. The predicted molar refractivity (Wildman–Crippen MR) is 73.9 cm³/mol. The molecule has 0 bridgehead atoms. The maximum Gasteiger partial charge on any atom is 0.234 e. The maximum absolute atomic E-state index is 12.8. The van der Waals surface area contributed by atoms with Gasteiger partial charge in [-0.15, -0.1) is 11.8 Å². The second-order valence-corrected chi connectivity index (χ2v) is 5.36. The Kier molecular flexibility index (Phi) is 5.29. The Labute approximate surface area is 120 Å². The number of nitrogens with zero attached hydrogens (tertiary/aromatic N) is 2. The SMILES string of the molecule is CCCC(=O)Cc1nc(CSc2ccc(F)cc2)no1. The summed E-state index contributed by atoms with van der Waals surface area (Å²) in [6, 6.07) is 6.22. The van der Waals surface area contributed by atoms with Crippen LogP contribution in [0.3, 0.4) is 0 Å². The molecule has 0 saturated carbocycles. The molecule has 0 atom stereocenters. The van der Waals surface area contributed by atoms with Crippen molar-refractivity contribution in [3.8, 4) is 0 Å². The fraction of sp³-hybridized carbons (Fsp3) is 0.357. The molecular weight excluding hydrogens is 279 g/mol. The van der Waals surface area contributed by atoms with Gasteiger partial charge in [-0.2, -0.15) is 4.98 Å². The van der Waals surface area contributed by atoms with Crippen LogP contribution in [0.4, 0.5) is 4.39 Å². The van der Waals surface area contributed by atoms with Crippen LogP contribution < -0.4 is 0 Å². The van der Waals surface area contributed by atoms with Gasteiger partial charge in [0.2, 0.25) is 5.89 Å². The van der Waals surface area contributed by atoms with Crippen molar-refractivity contribution in [1.29, 1.82) is 0 Å². The lowest BCUT2D eigenvalue weighted by molar-refractivity contribution is -0.118. The van der Waals surface area contributed by atoms with E-state index in [9.17, 15) is 9.18 Å². The van der Waals surface area contributed by atoms with Gasteiger partial charge < -0.3 is 4.52 Å². The highest BCUT2D eigenvalue weighted by Gasteiger charge is 2.11. The monoisotopic (exact) mass is 294 g/mol. The van der Waals surface area contributed by atoms with E-state index in [0.29, 0.717) is 23.9 Å². The fourth-order valence-electron chi connectivity index (χ4n) is 1.64. The molecule has 106 valence electrons. The van der Waals surface area contributed by atoms with Crippen LogP contribution in [0.25, 0.3) is 0 Å². The lowest BCUT2D eigenvalue weighted by Crippen LogP contribution is -2.02. The summed E-state index contributed by atoms with van der Waals surface area (Å²) in [5.41, 5.74) is 0. The summed E-state index contributed by atoms with van der Waals surface area (Å²) in [6.07, 6.45) is 1.55. The van der Waals surface area contributed by atoms with Crippen LogP contribution in [0.15, 0.2) is 33.7 Å². The largest absolute Gasteiger partial charge is 0.339 e. The molecule has 0 aliphatic rings. The van der Waals surface area contributed by atoms with Crippen molar-refractivity contribution in [2.24, 2.45) is 0 Å². The smallest absolute Gasteiger partial charge is 0.234 e. The molecule has 0 saturated heterocycles. The van der Waals surface area contributed by atoms with E-state index in [1.807, 2.05) is 6.92 Å². The Morgan fingerprint density at radius 1 is 1.35 bits per heavy atom. The van der Waals surface area contributed by atoms with Crippen LogP contribution in [0.1, 0.15) is 31.5 Å². The maximum atomic E-state index is 12.8. The van der Waals surface area contributed by atoms with Gasteiger partial charge in [0, 0.05) is 11.3 Å². The minimum Gasteiger partial charge on any atom is -0.339 e. The molecule has 1 aromatic carbocycles. The molecular formula is C14H15FN2O2S. The molecule has 0 unspecified atom stereocenters. The molecule has 4 nitrogen and oxygen atoms in total. The van der Waals surface area contributed by atoms with Gasteiger partial charge in [-0.25, -0.2) is 4.39 Å². The fourth-order valence-corrected chi connectivity index (χ4v) is 2.38. The molecule has 0 radical (unpaired) electrons. The standard InChI is InChI=1S/C14H15FN2O2S/c1-2-3-11(18)8-14-16-13(17-19-14)9-20-12-6-4-10(15)5-7-12/h4-7H,2-3,8-9H2,1H3. The number of hydrogen-bond donors (Lipinski definition) is 0. The van der Waals surface area contributed by atoms with Crippen LogP contribution in [0.2, 0.25) is 0 Å². The van der Waals surface area contributed by atoms with Crippen molar-refractivity contribution < 1.29 is 13.7 Å². The number of aromatic nitrogens is 2. The Morgan fingerprint density at radius 3 is 2.80 bits per heavy atom. The third kappa shape index (κ3) is 4.45. The Balaban J connectivity index is 1.86. The van der Waals surface area contributed by atoms with Crippen LogP contribution >= 0.6 is 11.8 Å². The highest BCUT2D eigenvalue weighted by molar-refractivity contribution is 7.98. The molecule has 0 aliphatic carbocycles. The molecule has 20 heavy (non-hydrogen) atoms. The van der Waals surface area contributed by atoms with E-state index in [2.05, 4.69) is 10.1 Å². The van der Waals surface area contributed by atoms with Crippen molar-refractivity contribution in [3.63, 3.8) is 0 Å². The van der Waals surface area contributed by atoms with E-state index in [-0.39, 0.29) is 18.0 Å². The summed E-state index contributed by atoms with van der Waals surface area (Å²) < 4.78 is 17.8. The van der Waals surface area contributed by atoms with Crippen LogP contribution in [-0.4, -0.2) is 15.9 Å². The summed E-state index contributed by atoms with van der Waals surface area (Å²) in [5.74, 6) is 1.27. The van der Waals surface area contributed by atoms with Gasteiger partial charge in [0.15, 0.2) is 5.82 Å². The predicted octanol–water partition coefficient (Wildman–Crippen LogP) is 3.41. The number of halogens is 1. The molecule has 0 spiro atoms. The number of carbonyl (C=O) groups is 1. The topological polar surface area (TPSA) is 56.0 Å². The average Bonchev–Trinajstić information content (AvgIpc) is 2.86. The first-order chi connectivity index (χ1) is 9.67. The van der Waals surface area contributed by atoms with Crippen LogP contribution in [-0.2, 0) is 17.0 Å². The van der Waals surface area contributed by atoms with Gasteiger partial charge in [0.25, 0.3) is 0 Å². The molecule has 2 aromatic rings. The van der Waals surface area contributed by atoms with Crippen LogP contribution in [0.5, 0.6) is 0 Å². The second kappa shape index (κ2) is 7.19. The van der Waals surface area contributed by atoms with E-state index in [0.717, 1.165) is 11.3 Å². The van der Waals surface area contributed by atoms with Crippen molar-refractivity contribution in [3.05, 3.63) is 41.8 Å². The van der Waals surface area contributed by atoms with Gasteiger partial charge in [0.1, 0.15) is 11.6 Å². The summed E-state index contributed by atoms with van der Waals surface area (Å²) in [4.78, 5) is 16.6. The zero-order valence-electron chi connectivity index (χ0n) is 11.1. The quantitative estimate of drug-likeness (QED) is 0.732. The molecule has 0 N–H and O–H groups in total. The zero-order chi connectivity index (χ0) is 14.4. The Bertz CT molecular complexity index is 569. The third-order valence-corrected chi connectivity index (χ3v) is 3.58. The van der Waals surface area contributed by atoms with E-state index >= 15 is 0 Å². The van der Waals surface area contributed by atoms with Crippen LogP contribution in [0, 0.1) is 5.82 Å². The minimum atomic E-state index is -0.259. The summed E-state index contributed by atoms with van der Waals surface area (Å²) >= 11 is 1.49. The van der Waals surface area contributed by atoms with Gasteiger partial charge >= 0.3 is 0 Å².